The summed E-state index contributed by atoms with van der Waals surface area (Å²) in [4.78, 5) is 71.1. The van der Waals surface area contributed by atoms with Gasteiger partial charge >= 0.3 is 11.9 Å². The molecule has 0 aromatic carbocycles. The van der Waals surface area contributed by atoms with Crippen molar-refractivity contribution in [2.24, 2.45) is 17.4 Å². The fourth-order valence-corrected chi connectivity index (χ4v) is 3.13. The van der Waals surface area contributed by atoms with E-state index in [1.807, 2.05) is 0 Å². The van der Waals surface area contributed by atoms with Crippen molar-refractivity contribution in [2.75, 3.05) is 12.0 Å². The van der Waals surface area contributed by atoms with Gasteiger partial charge in [-0.15, -0.1) is 0 Å². The van der Waals surface area contributed by atoms with Gasteiger partial charge in [-0.1, -0.05) is 13.8 Å². The summed E-state index contributed by atoms with van der Waals surface area (Å²) in [6.45, 7) is 3.18. The molecule has 4 atom stereocenters. The van der Waals surface area contributed by atoms with Crippen LogP contribution in [-0.4, -0.2) is 82.0 Å². The lowest BCUT2D eigenvalue weighted by Crippen LogP contribution is -2.58. The Kier molecular flexibility index (Phi) is 13.7. The summed E-state index contributed by atoms with van der Waals surface area (Å²) in [5, 5.41) is 25.2. The van der Waals surface area contributed by atoms with Gasteiger partial charge in [-0.2, -0.15) is 11.8 Å². The number of nitrogens with two attached hydrogens (primary N) is 2. The Morgan fingerprint density at radius 3 is 1.85 bits per heavy atom. The van der Waals surface area contributed by atoms with Gasteiger partial charge in [0.2, 0.25) is 23.6 Å². The second-order valence-corrected chi connectivity index (χ2v) is 8.67. The van der Waals surface area contributed by atoms with Crippen LogP contribution >= 0.6 is 11.8 Å². The van der Waals surface area contributed by atoms with Crippen LogP contribution in [0.25, 0.3) is 0 Å². The number of thioether (sulfide) groups is 1. The van der Waals surface area contributed by atoms with E-state index in [0.29, 0.717) is 5.75 Å². The quantitative estimate of drug-likeness (QED) is 0.125. The number of aliphatic carboxylic acids is 2. The molecule has 9 N–H and O–H groups in total. The summed E-state index contributed by atoms with van der Waals surface area (Å²) < 4.78 is 0. The first kappa shape index (κ1) is 30.1. The molecule has 0 aliphatic rings. The lowest BCUT2D eigenvalue weighted by Gasteiger charge is -2.25. The summed E-state index contributed by atoms with van der Waals surface area (Å²) in [6.07, 6.45) is 0.820. The molecule has 188 valence electrons. The van der Waals surface area contributed by atoms with Gasteiger partial charge in [0.25, 0.3) is 0 Å². The van der Waals surface area contributed by atoms with Crippen molar-refractivity contribution in [3.63, 3.8) is 0 Å². The van der Waals surface area contributed by atoms with E-state index in [9.17, 15) is 33.9 Å². The molecule has 14 heteroatoms. The Bertz CT molecular complexity index is 733. The Morgan fingerprint density at radius 1 is 0.879 bits per heavy atom. The van der Waals surface area contributed by atoms with Crippen LogP contribution < -0.4 is 27.4 Å². The van der Waals surface area contributed by atoms with Crippen LogP contribution in [0.4, 0.5) is 0 Å². The molecular formula is C19H33N5O8S. The third-order valence-electron chi connectivity index (χ3n) is 4.52. The molecule has 0 radical (unpaired) electrons. The van der Waals surface area contributed by atoms with Crippen molar-refractivity contribution >= 4 is 47.3 Å². The molecule has 13 nitrogen and oxygen atoms in total. The first-order chi connectivity index (χ1) is 15.3. The van der Waals surface area contributed by atoms with Crippen molar-refractivity contribution in [1.82, 2.24) is 16.0 Å². The molecule has 0 saturated carbocycles. The van der Waals surface area contributed by atoms with E-state index in [1.165, 1.54) is 11.8 Å². The van der Waals surface area contributed by atoms with Gasteiger partial charge in [0, 0.05) is 6.42 Å². The second-order valence-electron chi connectivity index (χ2n) is 7.68. The molecule has 0 bridgehead atoms. The highest BCUT2D eigenvalue weighted by molar-refractivity contribution is 7.98. The first-order valence-electron chi connectivity index (χ1n) is 10.2. The maximum absolute atomic E-state index is 12.8. The number of rotatable bonds is 16. The summed E-state index contributed by atoms with van der Waals surface area (Å²) in [5.74, 6) is -5.76. The molecule has 0 aromatic heterocycles. The van der Waals surface area contributed by atoms with Crippen LogP contribution in [0.15, 0.2) is 0 Å². The second kappa shape index (κ2) is 15.1. The smallest absolute Gasteiger partial charge is 0.326 e. The van der Waals surface area contributed by atoms with E-state index in [2.05, 4.69) is 16.0 Å². The van der Waals surface area contributed by atoms with Crippen LogP contribution in [0.5, 0.6) is 0 Å². The molecule has 4 unspecified atom stereocenters. The van der Waals surface area contributed by atoms with Crippen molar-refractivity contribution in [2.45, 2.75) is 63.7 Å². The van der Waals surface area contributed by atoms with Gasteiger partial charge in [-0.05, 0) is 30.8 Å². The van der Waals surface area contributed by atoms with E-state index < -0.39 is 72.1 Å². The van der Waals surface area contributed by atoms with Gasteiger partial charge in [-0.3, -0.25) is 24.0 Å². The number of nitrogens with one attached hydrogen (secondary N) is 3. The van der Waals surface area contributed by atoms with E-state index in [-0.39, 0.29) is 19.3 Å². The molecule has 0 fully saturated rings. The van der Waals surface area contributed by atoms with E-state index >= 15 is 0 Å². The zero-order valence-corrected chi connectivity index (χ0v) is 19.6. The van der Waals surface area contributed by atoms with Crippen molar-refractivity contribution in [1.29, 1.82) is 0 Å². The van der Waals surface area contributed by atoms with Crippen LogP contribution in [0.3, 0.4) is 0 Å². The Balaban J connectivity index is 5.53. The van der Waals surface area contributed by atoms with Gasteiger partial charge in [-0.25, -0.2) is 4.79 Å². The first-order valence-corrected chi connectivity index (χ1v) is 11.6. The Morgan fingerprint density at radius 2 is 1.39 bits per heavy atom. The number of carboxylic acid groups (broad SMARTS) is 2. The molecule has 0 heterocycles. The molecular weight excluding hydrogens is 458 g/mol. The highest BCUT2D eigenvalue weighted by atomic mass is 32.2. The number of carbonyl (C=O) groups excluding carboxylic acids is 4. The number of hydrogen-bond acceptors (Lipinski definition) is 8. The monoisotopic (exact) mass is 491 g/mol. The van der Waals surface area contributed by atoms with E-state index in [1.54, 1.807) is 20.1 Å². The molecule has 0 spiro atoms. The van der Waals surface area contributed by atoms with Crippen molar-refractivity contribution in [3.8, 4) is 0 Å². The molecule has 0 saturated heterocycles. The highest BCUT2D eigenvalue weighted by Crippen LogP contribution is 2.07. The van der Waals surface area contributed by atoms with Crippen molar-refractivity contribution < 1.29 is 39.0 Å². The maximum atomic E-state index is 12.8. The van der Waals surface area contributed by atoms with Crippen LogP contribution in [-0.2, 0) is 28.8 Å². The lowest BCUT2D eigenvalue weighted by atomic mass is 10.0. The Labute approximate surface area is 195 Å². The summed E-state index contributed by atoms with van der Waals surface area (Å²) in [7, 11) is 0. The number of carbonyl (C=O) groups is 6. The standard InChI is InChI=1S/C19H33N5O8S/c1-9(2)15(19(31)32)24-18(30)11(4-5-13(21)25)23-17(29)12(6-7-33-3)22-16(28)10(20)8-14(26)27/h9-12,15H,4-8,20H2,1-3H3,(H2,21,25)(H,22,28)(H,23,29)(H,24,30)(H,26,27)(H,31,32). The highest BCUT2D eigenvalue weighted by Gasteiger charge is 2.31. The van der Waals surface area contributed by atoms with E-state index in [0.717, 1.165) is 0 Å². The lowest BCUT2D eigenvalue weighted by molar-refractivity contribution is -0.143. The minimum atomic E-state index is -1.39. The summed E-state index contributed by atoms with van der Waals surface area (Å²) >= 11 is 1.39. The normalized spacial score (nSPS) is 14.5. The molecule has 4 amide bonds. The third kappa shape index (κ3) is 12.1. The van der Waals surface area contributed by atoms with Gasteiger partial charge in [0.1, 0.15) is 18.1 Å². The SMILES string of the molecule is CSCCC(NC(=O)C(N)CC(=O)O)C(=O)NC(CCC(N)=O)C(=O)NC(C(=O)O)C(C)C. The summed E-state index contributed by atoms with van der Waals surface area (Å²) in [5.41, 5.74) is 10.7. The van der Waals surface area contributed by atoms with Crippen molar-refractivity contribution in [3.05, 3.63) is 0 Å². The largest absolute Gasteiger partial charge is 0.481 e. The zero-order valence-electron chi connectivity index (χ0n) is 18.8. The number of hydrogen-bond donors (Lipinski definition) is 7. The zero-order chi connectivity index (χ0) is 25.7. The number of primary amides is 1. The molecule has 0 aliphatic heterocycles. The minimum absolute atomic E-state index is 0.145. The Hall–Kier alpha value is -2.87. The fourth-order valence-electron chi connectivity index (χ4n) is 2.66. The van der Waals surface area contributed by atoms with Crippen LogP contribution in [0.2, 0.25) is 0 Å². The molecule has 0 rings (SSSR count). The fraction of sp³-hybridized carbons (Fsp3) is 0.684. The molecule has 33 heavy (non-hydrogen) atoms. The van der Waals surface area contributed by atoms with Gasteiger partial charge in [0.15, 0.2) is 0 Å². The maximum Gasteiger partial charge on any atom is 0.326 e. The van der Waals surface area contributed by atoms with E-state index in [4.69, 9.17) is 16.6 Å². The minimum Gasteiger partial charge on any atom is -0.481 e. The third-order valence-corrected chi connectivity index (χ3v) is 5.16. The predicted octanol–water partition coefficient (Wildman–Crippen LogP) is -2.00. The predicted molar refractivity (Wildman–Crippen MR) is 120 cm³/mol. The van der Waals surface area contributed by atoms with Crippen LogP contribution in [0, 0.1) is 5.92 Å². The average Bonchev–Trinajstić information content (AvgIpc) is 2.70. The number of carboxylic acids is 2. The summed E-state index contributed by atoms with van der Waals surface area (Å²) in [6, 6.07) is -5.06. The molecule has 0 aromatic rings. The topological polar surface area (TPSA) is 231 Å². The molecule has 0 aliphatic carbocycles. The van der Waals surface area contributed by atoms with Gasteiger partial charge in [0.05, 0.1) is 12.5 Å². The van der Waals surface area contributed by atoms with Crippen LogP contribution in [0.1, 0.15) is 39.5 Å². The van der Waals surface area contributed by atoms with Gasteiger partial charge < -0.3 is 37.6 Å². The average molecular weight is 492 g/mol. The number of amides is 4.